The van der Waals surface area contributed by atoms with Gasteiger partial charge < -0.3 is 19.1 Å². The van der Waals surface area contributed by atoms with Gasteiger partial charge in [0, 0.05) is 60.0 Å². The summed E-state index contributed by atoms with van der Waals surface area (Å²) < 4.78 is 17.1. The average molecular weight is 512 g/mol. The minimum absolute atomic E-state index is 0.206. The molecule has 0 atom stereocenters. The molecule has 7 nitrogen and oxygen atoms in total. The van der Waals surface area contributed by atoms with Crippen molar-refractivity contribution in [2.45, 2.75) is 6.42 Å². The highest BCUT2D eigenvalue weighted by atomic mass is 79.9. The Bertz CT molecular complexity index is 1150. The van der Waals surface area contributed by atoms with Gasteiger partial charge in [0.15, 0.2) is 11.5 Å². The van der Waals surface area contributed by atoms with E-state index in [0.29, 0.717) is 23.8 Å². The summed E-state index contributed by atoms with van der Waals surface area (Å²) in [5.74, 6) is 1.31. The number of hydrogen-bond donors (Lipinski definition) is 1. The maximum absolute atomic E-state index is 12.1. The number of carbonyl (C=O) groups is 1. The lowest BCUT2D eigenvalue weighted by molar-refractivity contribution is 0.151. The van der Waals surface area contributed by atoms with Gasteiger partial charge >= 0.3 is 6.09 Å². The molecule has 3 aromatic carbocycles. The monoisotopic (exact) mass is 511 g/mol. The number of nitrogens with zero attached hydrogens (tertiary/aromatic N) is 2. The summed E-state index contributed by atoms with van der Waals surface area (Å²) in [6.45, 7) is 5.45. The van der Waals surface area contributed by atoms with Crippen LogP contribution in [0.15, 0.2) is 59.1 Å². The number of hydrogen-bond acceptors (Lipinski definition) is 6. The molecule has 5 rings (SSSR count). The molecule has 0 aromatic heterocycles. The van der Waals surface area contributed by atoms with Gasteiger partial charge in [-0.2, -0.15) is 0 Å². The second kappa shape index (κ2) is 9.89. The number of benzene rings is 3. The van der Waals surface area contributed by atoms with Gasteiger partial charge in [-0.15, -0.1) is 0 Å². The Balaban J connectivity index is 1.05. The molecule has 1 N–H and O–H groups in total. The molecule has 1 amide bonds. The molecule has 1 fully saturated rings. The molecule has 33 heavy (non-hydrogen) atoms. The van der Waals surface area contributed by atoms with Crippen molar-refractivity contribution >= 4 is 44.2 Å². The lowest BCUT2D eigenvalue weighted by atomic mass is 10.1. The second-order valence-electron chi connectivity index (χ2n) is 8.12. The molecule has 0 unspecified atom stereocenters. The summed E-state index contributed by atoms with van der Waals surface area (Å²) in [7, 11) is 0. The molecular formula is C25H26BrN3O4. The van der Waals surface area contributed by atoms with Gasteiger partial charge in [-0.05, 0) is 36.1 Å². The van der Waals surface area contributed by atoms with Gasteiger partial charge in [-0.25, -0.2) is 4.79 Å². The fourth-order valence-electron chi connectivity index (χ4n) is 4.32. The van der Waals surface area contributed by atoms with Gasteiger partial charge in [0.1, 0.15) is 0 Å². The van der Waals surface area contributed by atoms with Gasteiger partial charge in [0.25, 0.3) is 0 Å². The Morgan fingerprint density at radius 3 is 2.61 bits per heavy atom. The maximum Gasteiger partial charge on any atom is 0.411 e. The summed E-state index contributed by atoms with van der Waals surface area (Å²) in [6, 6.07) is 18.1. The number of amides is 1. The summed E-state index contributed by atoms with van der Waals surface area (Å²) >= 11 is 3.66. The van der Waals surface area contributed by atoms with E-state index in [1.807, 2.05) is 0 Å². The molecule has 0 spiro atoms. The van der Waals surface area contributed by atoms with Gasteiger partial charge in [0.05, 0.1) is 6.61 Å². The van der Waals surface area contributed by atoms with Crippen LogP contribution >= 0.6 is 15.9 Å². The van der Waals surface area contributed by atoms with Crippen molar-refractivity contribution in [2.24, 2.45) is 0 Å². The van der Waals surface area contributed by atoms with Crippen LogP contribution in [0.3, 0.4) is 0 Å². The van der Waals surface area contributed by atoms with Crippen LogP contribution in [0.4, 0.5) is 16.2 Å². The van der Waals surface area contributed by atoms with E-state index in [1.165, 1.54) is 16.5 Å². The molecule has 8 heteroatoms. The SMILES string of the molecule is O=C(Nc1ccc2c(c1)OCO2)OCCCN1CCN(c2ccc(Br)c3ccccc23)CC1. The first kappa shape index (κ1) is 21.9. The molecule has 0 aliphatic carbocycles. The Morgan fingerprint density at radius 2 is 1.76 bits per heavy atom. The number of rotatable bonds is 6. The Labute approximate surface area is 201 Å². The number of fused-ring (bicyclic) bond motifs is 2. The van der Waals surface area contributed by atoms with Crippen molar-refractivity contribution in [3.05, 3.63) is 59.1 Å². The number of nitrogens with one attached hydrogen (secondary N) is 1. The molecule has 1 saturated heterocycles. The lowest BCUT2D eigenvalue weighted by Crippen LogP contribution is -2.46. The zero-order valence-corrected chi connectivity index (χ0v) is 19.8. The Morgan fingerprint density at radius 1 is 0.970 bits per heavy atom. The highest BCUT2D eigenvalue weighted by molar-refractivity contribution is 9.10. The summed E-state index contributed by atoms with van der Waals surface area (Å²) in [5, 5.41) is 5.26. The van der Waals surface area contributed by atoms with Crippen molar-refractivity contribution in [2.75, 3.05) is 56.3 Å². The lowest BCUT2D eigenvalue weighted by Gasteiger charge is -2.36. The summed E-state index contributed by atoms with van der Waals surface area (Å²) in [5.41, 5.74) is 1.91. The van der Waals surface area contributed by atoms with E-state index >= 15 is 0 Å². The third-order valence-corrected chi connectivity index (χ3v) is 6.72. The first-order valence-corrected chi connectivity index (χ1v) is 11.9. The Hall–Kier alpha value is -2.97. The van der Waals surface area contributed by atoms with Crippen LogP contribution in [0.5, 0.6) is 11.5 Å². The van der Waals surface area contributed by atoms with Crippen molar-refractivity contribution in [3.63, 3.8) is 0 Å². The third-order valence-electron chi connectivity index (χ3n) is 6.03. The first-order chi connectivity index (χ1) is 16.2. The Kier molecular flexibility index (Phi) is 6.55. The minimum atomic E-state index is -0.458. The topological polar surface area (TPSA) is 63.3 Å². The molecule has 0 radical (unpaired) electrons. The minimum Gasteiger partial charge on any atom is -0.454 e. The average Bonchev–Trinajstić information content (AvgIpc) is 3.31. The van der Waals surface area contributed by atoms with Crippen LogP contribution in [-0.2, 0) is 4.74 Å². The number of piperazine rings is 1. The van der Waals surface area contributed by atoms with Crippen molar-refractivity contribution in [1.82, 2.24) is 4.90 Å². The van der Waals surface area contributed by atoms with E-state index < -0.39 is 6.09 Å². The van der Waals surface area contributed by atoms with Crippen LogP contribution in [0.2, 0.25) is 0 Å². The van der Waals surface area contributed by atoms with Crippen molar-refractivity contribution in [1.29, 1.82) is 0 Å². The highest BCUT2D eigenvalue weighted by Gasteiger charge is 2.19. The number of anilines is 2. The molecular weight excluding hydrogens is 486 g/mol. The van der Waals surface area contributed by atoms with Crippen LogP contribution in [0.25, 0.3) is 10.8 Å². The van der Waals surface area contributed by atoms with Crippen LogP contribution in [0, 0.1) is 0 Å². The van der Waals surface area contributed by atoms with E-state index in [4.69, 9.17) is 14.2 Å². The van der Waals surface area contributed by atoms with Crippen LogP contribution in [-0.4, -0.2) is 57.1 Å². The molecule has 0 bridgehead atoms. The fourth-order valence-corrected chi connectivity index (χ4v) is 4.79. The fraction of sp³-hybridized carbons (Fsp3) is 0.320. The highest BCUT2D eigenvalue weighted by Crippen LogP contribution is 2.34. The van der Waals surface area contributed by atoms with Crippen LogP contribution in [0.1, 0.15) is 6.42 Å². The normalized spacial score (nSPS) is 15.6. The third kappa shape index (κ3) is 5.02. The standard InChI is InChI=1S/C25H26BrN3O4/c26-21-7-8-22(20-5-2-1-4-19(20)21)29-13-11-28(12-14-29)10-3-15-31-25(30)27-18-6-9-23-24(16-18)33-17-32-23/h1-2,4-9,16H,3,10-15,17H2,(H,27,30). The van der Waals surface area contributed by atoms with Crippen molar-refractivity contribution < 1.29 is 19.0 Å². The maximum atomic E-state index is 12.1. The summed E-state index contributed by atoms with van der Waals surface area (Å²) in [6.07, 6.45) is 0.344. The van der Waals surface area contributed by atoms with Gasteiger partial charge in [0.2, 0.25) is 6.79 Å². The molecule has 0 saturated carbocycles. The van der Waals surface area contributed by atoms with Gasteiger partial charge in [-0.3, -0.25) is 10.2 Å². The van der Waals surface area contributed by atoms with E-state index in [2.05, 4.69) is 67.4 Å². The largest absolute Gasteiger partial charge is 0.454 e. The van der Waals surface area contributed by atoms with E-state index in [-0.39, 0.29) is 6.79 Å². The number of halogens is 1. The molecule has 3 aromatic rings. The zero-order chi connectivity index (χ0) is 22.6. The first-order valence-electron chi connectivity index (χ1n) is 11.2. The van der Waals surface area contributed by atoms with E-state index in [1.54, 1.807) is 18.2 Å². The predicted molar refractivity (Wildman–Crippen MR) is 132 cm³/mol. The second-order valence-corrected chi connectivity index (χ2v) is 8.98. The van der Waals surface area contributed by atoms with E-state index in [9.17, 15) is 4.79 Å². The molecule has 2 aliphatic rings. The van der Waals surface area contributed by atoms with Crippen molar-refractivity contribution in [3.8, 4) is 11.5 Å². The quantitative estimate of drug-likeness (QED) is 0.465. The summed E-state index contributed by atoms with van der Waals surface area (Å²) in [4.78, 5) is 17.0. The predicted octanol–water partition coefficient (Wildman–Crippen LogP) is 5.09. The molecule has 2 aliphatic heterocycles. The van der Waals surface area contributed by atoms with E-state index in [0.717, 1.165) is 43.6 Å². The zero-order valence-electron chi connectivity index (χ0n) is 18.3. The number of ether oxygens (including phenoxy) is 3. The smallest absolute Gasteiger partial charge is 0.411 e. The molecule has 2 heterocycles. The molecule has 172 valence electrons. The van der Waals surface area contributed by atoms with Gasteiger partial charge in [-0.1, -0.05) is 40.2 Å². The number of carbonyl (C=O) groups excluding carboxylic acids is 1. The van der Waals surface area contributed by atoms with Crippen LogP contribution < -0.4 is 19.7 Å².